The number of carbonyl (C=O) groups excluding carboxylic acids is 2. The van der Waals surface area contributed by atoms with E-state index in [9.17, 15) is 9.59 Å². The first-order chi connectivity index (χ1) is 7.11. The lowest BCUT2D eigenvalue weighted by Gasteiger charge is -2.16. The highest BCUT2D eigenvalue weighted by Gasteiger charge is 2.18. The second kappa shape index (κ2) is 8.16. The van der Waals surface area contributed by atoms with E-state index < -0.39 is 11.9 Å². The number of likely N-dealkylation sites (N-methyl/N-ethyl adjacent to an activating group) is 1. The minimum atomic E-state index is -0.640. The molecule has 0 fully saturated rings. The molecule has 15 heavy (non-hydrogen) atoms. The maximum Gasteiger partial charge on any atom is 0.251 e. The Labute approximate surface area is 88.4 Å². The first-order valence-electron chi connectivity index (χ1n) is 4.77. The van der Waals surface area contributed by atoms with Gasteiger partial charge < -0.3 is 16.2 Å². The number of primary amides is 1. The third kappa shape index (κ3) is 6.83. The molecule has 0 aliphatic rings. The van der Waals surface area contributed by atoms with Crippen molar-refractivity contribution >= 4 is 11.8 Å². The standard InChI is InChI=1S/C8H18N4O3/c1-2-10-6(5-7(9)14)8(15)12-11-3-4-13/h6,10-11,13H,2-5H2,1H3,(H2,9,14)(H,12,15)/t6-/m0/s1. The number of amides is 2. The van der Waals surface area contributed by atoms with Crippen LogP contribution in [0.1, 0.15) is 13.3 Å². The number of hydrogen-bond donors (Lipinski definition) is 5. The number of nitrogens with two attached hydrogens (primary N) is 1. The molecule has 6 N–H and O–H groups in total. The number of carbonyl (C=O) groups is 2. The van der Waals surface area contributed by atoms with Gasteiger partial charge in [0.15, 0.2) is 0 Å². The van der Waals surface area contributed by atoms with Gasteiger partial charge in [0.25, 0.3) is 5.91 Å². The van der Waals surface area contributed by atoms with Crippen molar-refractivity contribution in [3.05, 3.63) is 0 Å². The summed E-state index contributed by atoms with van der Waals surface area (Å²) in [4.78, 5) is 22.1. The summed E-state index contributed by atoms with van der Waals surface area (Å²) >= 11 is 0. The number of rotatable bonds is 8. The van der Waals surface area contributed by atoms with E-state index in [-0.39, 0.29) is 25.5 Å². The van der Waals surface area contributed by atoms with E-state index in [2.05, 4.69) is 16.2 Å². The molecule has 0 saturated heterocycles. The Hall–Kier alpha value is -1.18. The van der Waals surface area contributed by atoms with E-state index in [4.69, 9.17) is 10.8 Å². The number of nitrogens with one attached hydrogen (secondary N) is 3. The molecule has 0 aliphatic carbocycles. The van der Waals surface area contributed by atoms with Crippen molar-refractivity contribution < 1.29 is 14.7 Å². The Bertz CT molecular complexity index is 210. The molecule has 0 bridgehead atoms. The maximum atomic E-state index is 11.4. The van der Waals surface area contributed by atoms with Crippen molar-refractivity contribution in [2.24, 2.45) is 5.73 Å². The lowest BCUT2D eigenvalue weighted by atomic mass is 10.2. The third-order valence-electron chi connectivity index (χ3n) is 1.62. The molecule has 0 heterocycles. The molecule has 0 unspecified atom stereocenters. The summed E-state index contributed by atoms with van der Waals surface area (Å²) in [7, 11) is 0. The molecule has 0 spiro atoms. The molecule has 0 aromatic carbocycles. The van der Waals surface area contributed by atoms with Gasteiger partial charge in [0.2, 0.25) is 5.91 Å². The Morgan fingerprint density at radius 3 is 2.60 bits per heavy atom. The fourth-order valence-corrected chi connectivity index (χ4v) is 0.998. The lowest BCUT2D eigenvalue weighted by molar-refractivity contribution is -0.127. The molecule has 0 aliphatic heterocycles. The van der Waals surface area contributed by atoms with Gasteiger partial charge in [0.1, 0.15) is 0 Å². The topological polar surface area (TPSA) is 116 Å². The van der Waals surface area contributed by atoms with Gasteiger partial charge in [-0.15, -0.1) is 0 Å². The van der Waals surface area contributed by atoms with Crippen molar-refractivity contribution in [1.29, 1.82) is 0 Å². The monoisotopic (exact) mass is 218 g/mol. The first kappa shape index (κ1) is 13.8. The zero-order chi connectivity index (χ0) is 11.7. The number of hydrogen-bond acceptors (Lipinski definition) is 5. The van der Waals surface area contributed by atoms with Gasteiger partial charge in [0.05, 0.1) is 19.1 Å². The van der Waals surface area contributed by atoms with Crippen molar-refractivity contribution in [1.82, 2.24) is 16.2 Å². The zero-order valence-corrected chi connectivity index (χ0v) is 8.75. The maximum absolute atomic E-state index is 11.4. The summed E-state index contributed by atoms with van der Waals surface area (Å²) in [5.41, 5.74) is 9.86. The van der Waals surface area contributed by atoms with E-state index in [1.54, 1.807) is 0 Å². The molecule has 7 nitrogen and oxygen atoms in total. The third-order valence-corrected chi connectivity index (χ3v) is 1.62. The van der Waals surface area contributed by atoms with Crippen LogP contribution in [0.25, 0.3) is 0 Å². The minimum absolute atomic E-state index is 0.0551. The van der Waals surface area contributed by atoms with Crippen LogP contribution in [0.3, 0.4) is 0 Å². The average Bonchev–Trinajstić information content (AvgIpc) is 2.17. The summed E-state index contributed by atoms with van der Waals surface area (Å²) < 4.78 is 0. The summed E-state index contributed by atoms with van der Waals surface area (Å²) in [5.74, 6) is -0.914. The second-order valence-electron chi connectivity index (χ2n) is 2.92. The molecular weight excluding hydrogens is 200 g/mol. The zero-order valence-electron chi connectivity index (χ0n) is 8.75. The van der Waals surface area contributed by atoms with Gasteiger partial charge >= 0.3 is 0 Å². The van der Waals surface area contributed by atoms with E-state index in [1.165, 1.54) is 0 Å². The van der Waals surface area contributed by atoms with Gasteiger partial charge in [-0.1, -0.05) is 6.92 Å². The van der Waals surface area contributed by atoms with Crippen LogP contribution in [0.2, 0.25) is 0 Å². The lowest BCUT2D eigenvalue weighted by Crippen LogP contribution is -2.51. The van der Waals surface area contributed by atoms with Crippen LogP contribution in [0.4, 0.5) is 0 Å². The van der Waals surface area contributed by atoms with Crippen LogP contribution < -0.4 is 21.9 Å². The predicted octanol–water partition coefficient (Wildman–Crippen LogP) is -2.55. The molecule has 88 valence electrons. The van der Waals surface area contributed by atoms with E-state index in [0.29, 0.717) is 6.54 Å². The van der Waals surface area contributed by atoms with E-state index in [1.807, 2.05) is 6.92 Å². The van der Waals surface area contributed by atoms with E-state index >= 15 is 0 Å². The summed E-state index contributed by atoms with van der Waals surface area (Å²) in [5, 5.41) is 11.3. The summed E-state index contributed by atoms with van der Waals surface area (Å²) in [6.07, 6.45) is -0.0551. The van der Waals surface area contributed by atoms with Crippen molar-refractivity contribution in [3.63, 3.8) is 0 Å². The fraction of sp³-hybridized carbons (Fsp3) is 0.750. The smallest absolute Gasteiger partial charge is 0.251 e. The minimum Gasteiger partial charge on any atom is -0.395 e. The van der Waals surface area contributed by atoms with Crippen LogP contribution in [0.15, 0.2) is 0 Å². The summed E-state index contributed by atoms with van der Waals surface area (Å²) in [6.45, 7) is 2.55. The normalized spacial score (nSPS) is 12.1. The van der Waals surface area contributed by atoms with Crippen LogP contribution in [0, 0.1) is 0 Å². The highest BCUT2D eigenvalue weighted by atomic mass is 16.3. The Morgan fingerprint density at radius 1 is 1.47 bits per heavy atom. The Morgan fingerprint density at radius 2 is 2.13 bits per heavy atom. The van der Waals surface area contributed by atoms with Crippen molar-refractivity contribution in [2.75, 3.05) is 19.7 Å². The van der Waals surface area contributed by atoms with Crippen molar-refractivity contribution in [2.45, 2.75) is 19.4 Å². The van der Waals surface area contributed by atoms with Gasteiger partial charge in [-0.25, -0.2) is 5.43 Å². The first-order valence-corrected chi connectivity index (χ1v) is 4.77. The highest BCUT2D eigenvalue weighted by Crippen LogP contribution is 1.90. The second-order valence-corrected chi connectivity index (χ2v) is 2.92. The van der Waals surface area contributed by atoms with Gasteiger partial charge in [0, 0.05) is 6.54 Å². The molecule has 2 amide bonds. The SMILES string of the molecule is CCN[C@@H](CC(N)=O)C(=O)NNCCO. The van der Waals surface area contributed by atoms with Crippen LogP contribution in [0.5, 0.6) is 0 Å². The Balaban J connectivity index is 3.98. The van der Waals surface area contributed by atoms with Crippen molar-refractivity contribution in [3.8, 4) is 0 Å². The molecule has 0 aromatic rings. The van der Waals surface area contributed by atoms with Gasteiger partial charge in [-0.2, -0.15) is 0 Å². The summed E-state index contributed by atoms with van der Waals surface area (Å²) in [6, 6.07) is -0.640. The Kier molecular flexibility index (Phi) is 7.51. The molecule has 0 rings (SSSR count). The fourth-order valence-electron chi connectivity index (χ4n) is 0.998. The van der Waals surface area contributed by atoms with E-state index in [0.717, 1.165) is 0 Å². The van der Waals surface area contributed by atoms with Crippen LogP contribution >= 0.6 is 0 Å². The number of aliphatic hydroxyl groups excluding tert-OH is 1. The highest BCUT2D eigenvalue weighted by molar-refractivity contribution is 5.87. The molecule has 0 aromatic heterocycles. The van der Waals surface area contributed by atoms with Crippen LogP contribution in [-0.4, -0.2) is 42.7 Å². The quantitative estimate of drug-likeness (QED) is 0.227. The molecular formula is C8H18N4O3. The largest absolute Gasteiger partial charge is 0.395 e. The van der Waals surface area contributed by atoms with Gasteiger partial charge in [-0.3, -0.25) is 15.0 Å². The molecule has 1 atom stereocenters. The molecule has 0 radical (unpaired) electrons. The van der Waals surface area contributed by atoms with Crippen LogP contribution in [-0.2, 0) is 9.59 Å². The number of aliphatic hydroxyl groups is 1. The number of hydrazine groups is 1. The molecule has 0 saturated carbocycles. The predicted molar refractivity (Wildman–Crippen MR) is 54.5 cm³/mol. The van der Waals surface area contributed by atoms with Gasteiger partial charge in [-0.05, 0) is 6.54 Å². The molecule has 7 heteroatoms. The average molecular weight is 218 g/mol.